The van der Waals surface area contributed by atoms with Crippen molar-refractivity contribution in [1.29, 1.82) is 0 Å². The number of fused-ring (bicyclic) bond motifs is 4. The summed E-state index contributed by atoms with van der Waals surface area (Å²) in [5.41, 5.74) is 2.79. The van der Waals surface area contributed by atoms with E-state index in [0.717, 1.165) is 11.1 Å². The van der Waals surface area contributed by atoms with Gasteiger partial charge in [0.1, 0.15) is 11.5 Å². The zero-order valence-corrected chi connectivity index (χ0v) is 27.5. The molecule has 0 bridgehead atoms. The van der Waals surface area contributed by atoms with E-state index in [1.807, 2.05) is 78.9 Å². The van der Waals surface area contributed by atoms with Gasteiger partial charge in [-0.3, -0.25) is 24.1 Å². The number of anilines is 1. The molecule has 4 aliphatic rings. The molecule has 0 spiro atoms. The molecule has 3 aliphatic carbocycles. The summed E-state index contributed by atoms with van der Waals surface area (Å²) < 4.78 is 5.41. The van der Waals surface area contributed by atoms with Crippen molar-refractivity contribution in [2.75, 3.05) is 12.0 Å². The van der Waals surface area contributed by atoms with E-state index in [4.69, 9.17) is 4.74 Å². The Kier molecular flexibility index (Phi) is 7.52. The van der Waals surface area contributed by atoms with Crippen LogP contribution in [0.2, 0.25) is 0 Å². The number of carbonyl (C=O) groups excluding carboxylic acids is 4. The number of methoxy groups -OCH3 is 1. The van der Waals surface area contributed by atoms with Crippen LogP contribution in [0.25, 0.3) is 11.6 Å². The minimum Gasteiger partial charge on any atom is -0.508 e. The largest absolute Gasteiger partial charge is 0.508 e. The van der Waals surface area contributed by atoms with E-state index >= 15 is 9.59 Å². The SMILES string of the molecule is C=Cc1ccc(N2C(=O)[C@H]3[C@H](CC=C4[C@H]3C[C@H]3C(=O)C(c5ccccc5)=CC(=O)[C@@]3(c3ccccc3)[C@H]4c3ccc(OC)cc3O)C2=O)cc1. The summed E-state index contributed by atoms with van der Waals surface area (Å²) in [7, 11) is 1.51. The molecule has 4 aromatic carbocycles. The molecule has 1 aliphatic heterocycles. The number of hydrogen-bond donors (Lipinski definition) is 1. The monoisotopic (exact) mass is 661 g/mol. The van der Waals surface area contributed by atoms with E-state index in [0.29, 0.717) is 40.1 Å². The average Bonchev–Trinajstić information content (AvgIpc) is 3.41. The minimum atomic E-state index is -1.43. The van der Waals surface area contributed by atoms with E-state index in [9.17, 15) is 14.7 Å². The molecule has 1 N–H and O–H groups in total. The fourth-order valence-electron chi connectivity index (χ4n) is 9.13. The van der Waals surface area contributed by atoms with E-state index < -0.39 is 35.0 Å². The molecule has 6 atom stereocenters. The molecule has 1 heterocycles. The molecule has 2 amide bonds. The number of phenols is 1. The summed E-state index contributed by atoms with van der Waals surface area (Å²) >= 11 is 0. The number of rotatable bonds is 6. The number of phenolic OH excluding ortho intramolecular Hbond substituents is 1. The van der Waals surface area contributed by atoms with Crippen molar-refractivity contribution < 1.29 is 29.0 Å². The van der Waals surface area contributed by atoms with Gasteiger partial charge in [0, 0.05) is 29.0 Å². The highest BCUT2D eigenvalue weighted by atomic mass is 16.5. The van der Waals surface area contributed by atoms with Crippen LogP contribution in [-0.4, -0.2) is 35.6 Å². The van der Waals surface area contributed by atoms with Crippen LogP contribution >= 0.6 is 0 Å². The van der Waals surface area contributed by atoms with Gasteiger partial charge in [-0.05, 0) is 59.7 Å². The van der Waals surface area contributed by atoms with E-state index in [-0.39, 0.29) is 35.6 Å². The van der Waals surface area contributed by atoms with Crippen molar-refractivity contribution in [3.8, 4) is 11.5 Å². The number of carbonyl (C=O) groups is 4. The third kappa shape index (κ3) is 4.49. The Morgan fingerprint density at radius 3 is 2.22 bits per heavy atom. The van der Waals surface area contributed by atoms with Crippen molar-refractivity contribution in [2.24, 2.45) is 23.7 Å². The Hall–Kier alpha value is -5.82. The highest BCUT2D eigenvalue weighted by molar-refractivity contribution is 6.32. The Labute approximate surface area is 290 Å². The Balaban J connectivity index is 1.35. The Bertz CT molecular complexity index is 2130. The molecule has 50 heavy (non-hydrogen) atoms. The van der Waals surface area contributed by atoms with E-state index in [1.54, 1.807) is 30.3 Å². The number of benzene rings is 4. The van der Waals surface area contributed by atoms with Gasteiger partial charge in [-0.1, -0.05) is 103 Å². The van der Waals surface area contributed by atoms with Crippen molar-refractivity contribution >= 4 is 40.7 Å². The fourth-order valence-corrected chi connectivity index (χ4v) is 9.13. The van der Waals surface area contributed by atoms with Gasteiger partial charge in [0.25, 0.3) is 0 Å². The summed E-state index contributed by atoms with van der Waals surface area (Å²) in [6, 6.07) is 30.6. The highest BCUT2D eigenvalue weighted by Gasteiger charge is 2.66. The third-order valence-electron chi connectivity index (χ3n) is 11.3. The van der Waals surface area contributed by atoms with Crippen LogP contribution in [0, 0.1) is 23.7 Å². The van der Waals surface area contributed by atoms with Crippen LogP contribution in [0.4, 0.5) is 5.69 Å². The highest BCUT2D eigenvalue weighted by Crippen LogP contribution is 2.64. The topological polar surface area (TPSA) is 101 Å². The Morgan fingerprint density at radius 1 is 0.860 bits per heavy atom. The minimum absolute atomic E-state index is 0.0806. The van der Waals surface area contributed by atoms with Crippen molar-refractivity contribution in [1.82, 2.24) is 0 Å². The van der Waals surface area contributed by atoms with Crippen LogP contribution in [-0.2, 0) is 24.6 Å². The Morgan fingerprint density at radius 2 is 1.56 bits per heavy atom. The summed E-state index contributed by atoms with van der Waals surface area (Å²) in [4.78, 5) is 60.0. The normalized spacial score (nSPS) is 27.1. The molecular formula is C43H35NO6. The van der Waals surface area contributed by atoms with Gasteiger partial charge in [-0.25, -0.2) is 0 Å². The second-order valence-corrected chi connectivity index (χ2v) is 13.5. The lowest BCUT2D eigenvalue weighted by atomic mass is 9.44. The standard InChI is InChI=1S/C43H35NO6/c1-3-25-14-16-28(17-15-25)44-41(48)32-21-20-30-34(38(32)42(44)49)23-35-40(47)33(26-10-6-4-7-11-26)24-37(46)43(35,27-12-8-5-9-13-27)39(30)31-19-18-29(50-2)22-36(31)45/h3-20,22,24,32,34-35,38-39,45H,1,21,23H2,2H3/t32-,34+,35-,38-,39+,43-/m0/s1. The first kappa shape index (κ1) is 31.4. The number of aromatic hydroxyl groups is 1. The molecule has 7 heteroatoms. The number of nitrogens with zero attached hydrogens (tertiary/aromatic N) is 1. The summed E-state index contributed by atoms with van der Waals surface area (Å²) in [6.07, 6.45) is 5.64. The number of hydrogen-bond acceptors (Lipinski definition) is 6. The maximum absolute atomic E-state index is 15.1. The summed E-state index contributed by atoms with van der Waals surface area (Å²) in [5, 5.41) is 11.7. The van der Waals surface area contributed by atoms with Gasteiger partial charge in [0.05, 0.1) is 30.0 Å². The van der Waals surface area contributed by atoms with Gasteiger partial charge < -0.3 is 9.84 Å². The van der Waals surface area contributed by atoms with Gasteiger partial charge in [0.15, 0.2) is 11.6 Å². The molecule has 7 nitrogen and oxygen atoms in total. The predicted molar refractivity (Wildman–Crippen MR) is 190 cm³/mol. The lowest BCUT2D eigenvalue weighted by molar-refractivity contribution is -0.135. The van der Waals surface area contributed by atoms with Crippen molar-refractivity contribution in [2.45, 2.75) is 24.2 Å². The lowest BCUT2D eigenvalue weighted by Crippen LogP contribution is -2.58. The zero-order chi connectivity index (χ0) is 34.7. The van der Waals surface area contributed by atoms with Crippen LogP contribution in [0.5, 0.6) is 11.5 Å². The molecule has 8 rings (SSSR count). The molecule has 248 valence electrons. The second-order valence-electron chi connectivity index (χ2n) is 13.5. The number of imide groups is 1. The van der Waals surface area contributed by atoms with Gasteiger partial charge in [-0.15, -0.1) is 0 Å². The fraction of sp³-hybridized carbons (Fsp3) is 0.209. The van der Waals surface area contributed by atoms with Crippen molar-refractivity contribution in [3.63, 3.8) is 0 Å². The maximum atomic E-state index is 15.1. The summed E-state index contributed by atoms with van der Waals surface area (Å²) in [5.74, 6) is -4.29. The first-order chi connectivity index (χ1) is 24.3. The van der Waals surface area contributed by atoms with Crippen LogP contribution in [0.3, 0.4) is 0 Å². The third-order valence-corrected chi connectivity index (χ3v) is 11.3. The molecule has 0 radical (unpaired) electrons. The predicted octanol–water partition coefficient (Wildman–Crippen LogP) is 7.07. The second kappa shape index (κ2) is 11.9. The molecular weight excluding hydrogens is 626 g/mol. The molecule has 0 unspecified atom stereocenters. The van der Waals surface area contributed by atoms with Gasteiger partial charge in [0.2, 0.25) is 11.8 Å². The number of ketones is 2. The van der Waals surface area contributed by atoms with Crippen molar-refractivity contribution in [3.05, 3.63) is 150 Å². The van der Waals surface area contributed by atoms with Gasteiger partial charge >= 0.3 is 0 Å². The molecule has 2 fully saturated rings. The number of ether oxygens (including phenoxy) is 1. The molecule has 4 aromatic rings. The van der Waals surface area contributed by atoms with Gasteiger partial charge in [-0.2, -0.15) is 0 Å². The quantitative estimate of drug-likeness (QED) is 0.175. The van der Waals surface area contributed by atoms with Crippen LogP contribution < -0.4 is 9.64 Å². The van der Waals surface area contributed by atoms with Crippen LogP contribution in [0.15, 0.2) is 127 Å². The number of allylic oxidation sites excluding steroid dienone is 4. The van der Waals surface area contributed by atoms with Crippen LogP contribution in [0.1, 0.15) is 41.0 Å². The summed E-state index contributed by atoms with van der Waals surface area (Å²) in [6.45, 7) is 3.80. The lowest BCUT2D eigenvalue weighted by Gasteiger charge is -2.55. The average molecular weight is 662 g/mol. The molecule has 1 saturated heterocycles. The molecule has 1 saturated carbocycles. The van der Waals surface area contributed by atoms with E-state index in [1.165, 1.54) is 24.2 Å². The first-order valence-corrected chi connectivity index (χ1v) is 16.9. The number of amides is 2. The number of Topliss-reactive ketones (excluding diaryl/α,β-unsaturated/α-hetero) is 1. The first-order valence-electron chi connectivity index (χ1n) is 16.9. The zero-order valence-electron chi connectivity index (χ0n) is 27.5. The maximum Gasteiger partial charge on any atom is 0.238 e. The van der Waals surface area contributed by atoms with E-state index in [2.05, 4.69) is 6.58 Å². The smallest absolute Gasteiger partial charge is 0.238 e. The molecule has 0 aromatic heterocycles.